The number of nitrogens with one attached hydrogen (secondary N) is 1. The van der Waals surface area contributed by atoms with E-state index in [9.17, 15) is 0 Å². The SMILES string of the molecule is CCNc1ncc2c(n1)-c1cc(CC)sc1CC2. The van der Waals surface area contributed by atoms with Gasteiger partial charge in [-0.25, -0.2) is 9.97 Å². The Morgan fingerprint density at radius 1 is 1.33 bits per heavy atom. The molecule has 94 valence electrons. The molecule has 18 heavy (non-hydrogen) atoms. The van der Waals surface area contributed by atoms with Crippen LogP contribution in [0.1, 0.15) is 29.2 Å². The van der Waals surface area contributed by atoms with E-state index in [0.717, 1.165) is 37.4 Å². The van der Waals surface area contributed by atoms with Crippen LogP contribution >= 0.6 is 11.3 Å². The number of rotatable bonds is 3. The van der Waals surface area contributed by atoms with E-state index >= 15 is 0 Å². The van der Waals surface area contributed by atoms with E-state index in [1.54, 1.807) is 0 Å². The normalized spacial score (nSPS) is 13.0. The Morgan fingerprint density at radius 3 is 3.00 bits per heavy atom. The molecule has 0 unspecified atom stereocenters. The third-order valence-electron chi connectivity index (χ3n) is 3.28. The molecule has 0 spiro atoms. The van der Waals surface area contributed by atoms with E-state index in [1.165, 1.54) is 20.9 Å². The minimum absolute atomic E-state index is 0.744. The third kappa shape index (κ3) is 1.90. The molecule has 4 heteroatoms. The van der Waals surface area contributed by atoms with Gasteiger partial charge >= 0.3 is 0 Å². The molecule has 2 aromatic heterocycles. The van der Waals surface area contributed by atoms with Gasteiger partial charge in [-0.05, 0) is 37.8 Å². The fourth-order valence-electron chi connectivity index (χ4n) is 2.36. The molecule has 1 aliphatic carbocycles. The molecule has 3 rings (SSSR count). The molecular weight excluding hydrogens is 242 g/mol. The van der Waals surface area contributed by atoms with Gasteiger partial charge in [0.1, 0.15) is 0 Å². The molecule has 0 amide bonds. The molecule has 0 saturated carbocycles. The summed E-state index contributed by atoms with van der Waals surface area (Å²) < 4.78 is 0. The second kappa shape index (κ2) is 4.69. The standard InChI is InChI=1S/C14H17N3S/c1-3-10-7-11-12(18-10)6-5-9-8-16-14(15-4-2)17-13(9)11/h7-8H,3-6H2,1-2H3,(H,15,16,17). The van der Waals surface area contributed by atoms with Gasteiger partial charge in [-0.1, -0.05) is 6.92 Å². The Morgan fingerprint density at radius 2 is 2.22 bits per heavy atom. The van der Waals surface area contributed by atoms with Crippen LogP contribution in [0.2, 0.25) is 0 Å². The van der Waals surface area contributed by atoms with Gasteiger partial charge in [-0.15, -0.1) is 11.3 Å². The topological polar surface area (TPSA) is 37.8 Å². The monoisotopic (exact) mass is 259 g/mol. The van der Waals surface area contributed by atoms with Crippen LogP contribution in [0.4, 0.5) is 5.95 Å². The number of fused-ring (bicyclic) bond motifs is 3. The van der Waals surface area contributed by atoms with Gasteiger partial charge in [0.05, 0.1) is 5.69 Å². The first-order valence-corrected chi connectivity index (χ1v) is 7.35. The van der Waals surface area contributed by atoms with Crippen molar-refractivity contribution in [2.45, 2.75) is 33.1 Å². The predicted molar refractivity (Wildman–Crippen MR) is 76.3 cm³/mol. The number of aromatic nitrogens is 2. The van der Waals surface area contributed by atoms with Gasteiger partial charge in [0.2, 0.25) is 5.95 Å². The highest BCUT2D eigenvalue weighted by molar-refractivity contribution is 7.12. The van der Waals surface area contributed by atoms with Crippen LogP contribution in [-0.2, 0) is 19.3 Å². The number of hydrogen-bond donors (Lipinski definition) is 1. The van der Waals surface area contributed by atoms with Crippen LogP contribution in [0.5, 0.6) is 0 Å². The zero-order valence-electron chi connectivity index (χ0n) is 10.8. The molecule has 0 atom stereocenters. The lowest BCUT2D eigenvalue weighted by molar-refractivity contribution is 0.926. The summed E-state index contributed by atoms with van der Waals surface area (Å²) in [5.74, 6) is 0.744. The van der Waals surface area contributed by atoms with Crippen molar-refractivity contribution >= 4 is 17.3 Å². The molecule has 3 nitrogen and oxygen atoms in total. The summed E-state index contributed by atoms with van der Waals surface area (Å²) in [5.41, 5.74) is 3.75. The maximum Gasteiger partial charge on any atom is 0.223 e. The van der Waals surface area contributed by atoms with Crippen LogP contribution in [0, 0.1) is 0 Å². The molecule has 2 heterocycles. The smallest absolute Gasteiger partial charge is 0.223 e. The zero-order valence-corrected chi connectivity index (χ0v) is 11.6. The van der Waals surface area contributed by atoms with Gasteiger partial charge < -0.3 is 5.32 Å². The number of aryl methyl sites for hydroxylation is 3. The van der Waals surface area contributed by atoms with Crippen LogP contribution in [0.15, 0.2) is 12.3 Å². The summed E-state index contributed by atoms with van der Waals surface area (Å²) in [6.45, 7) is 5.13. The summed E-state index contributed by atoms with van der Waals surface area (Å²) in [4.78, 5) is 12.0. The van der Waals surface area contributed by atoms with Crippen LogP contribution in [-0.4, -0.2) is 16.5 Å². The van der Waals surface area contributed by atoms with E-state index in [0.29, 0.717) is 0 Å². The average molecular weight is 259 g/mol. The third-order valence-corrected chi connectivity index (χ3v) is 4.62. The first kappa shape index (κ1) is 11.7. The fourth-order valence-corrected chi connectivity index (χ4v) is 3.47. The van der Waals surface area contributed by atoms with E-state index in [-0.39, 0.29) is 0 Å². The molecule has 1 aliphatic rings. The molecule has 2 aromatic rings. The lowest BCUT2D eigenvalue weighted by Gasteiger charge is -2.15. The Hall–Kier alpha value is -1.42. The predicted octanol–water partition coefficient (Wildman–Crippen LogP) is 3.30. The van der Waals surface area contributed by atoms with E-state index < -0.39 is 0 Å². The Bertz CT molecular complexity index is 574. The van der Waals surface area contributed by atoms with Crippen molar-refractivity contribution in [1.82, 2.24) is 9.97 Å². The Kier molecular flexibility index (Phi) is 3.04. The highest BCUT2D eigenvalue weighted by Gasteiger charge is 2.20. The van der Waals surface area contributed by atoms with Crippen LogP contribution in [0.25, 0.3) is 11.3 Å². The summed E-state index contributed by atoms with van der Waals surface area (Å²) in [7, 11) is 0. The van der Waals surface area contributed by atoms with Crippen molar-refractivity contribution in [3.8, 4) is 11.3 Å². The average Bonchev–Trinajstić information content (AvgIpc) is 2.82. The lowest BCUT2D eigenvalue weighted by Crippen LogP contribution is -2.08. The second-order valence-electron chi connectivity index (χ2n) is 4.50. The molecule has 0 fully saturated rings. The first-order valence-electron chi connectivity index (χ1n) is 6.53. The lowest BCUT2D eigenvalue weighted by atomic mass is 9.96. The maximum atomic E-state index is 4.68. The van der Waals surface area contributed by atoms with E-state index in [4.69, 9.17) is 0 Å². The quantitative estimate of drug-likeness (QED) is 0.919. The number of thiophene rings is 1. The molecule has 0 saturated heterocycles. The highest BCUT2D eigenvalue weighted by atomic mass is 32.1. The van der Waals surface area contributed by atoms with E-state index in [1.807, 2.05) is 17.5 Å². The molecule has 0 aromatic carbocycles. The minimum Gasteiger partial charge on any atom is -0.354 e. The molecular formula is C14H17N3S. The van der Waals surface area contributed by atoms with Gasteiger partial charge in [0, 0.05) is 28.1 Å². The molecule has 0 radical (unpaired) electrons. The Balaban J connectivity index is 2.08. The largest absolute Gasteiger partial charge is 0.354 e. The second-order valence-corrected chi connectivity index (χ2v) is 5.72. The summed E-state index contributed by atoms with van der Waals surface area (Å²) in [6, 6.07) is 2.31. The van der Waals surface area contributed by atoms with Crippen molar-refractivity contribution in [2.24, 2.45) is 0 Å². The summed E-state index contributed by atoms with van der Waals surface area (Å²) in [6.07, 6.45) is 5.29. The fraction of sp³-hybridized carbons (Fsp3) is 0.429. The van der Waals surface area contributed by atoms with Crippen LogP contribution < -0.4 is 5.32 Å². The number of anilines is 1. The van der Waals surface area contributed by atoms with Crippen molar-refractivity contribution in [2.75, 3.05) is 11.9 Å². The highest BCUT2D eigenvalue weighted by Crippen LogP contribution is 2.37. The van der Waals surface area contributed by atoms with Crippen molar-refractivity contribution in [1.29, 1.82) is 0 Å². The zero-order chi connectivity index (χ0) is 12.5. The maximum absolute atomic E-state index is 4.68. The summed E-state index contributed by atoms with van der Waals surface area (Å²) in [5, 5.41) is 3.19. The van der Waals surface area contributed by atoms with Crippen LogP contribution in [0.3, 0.4) is 0 Å². The first-order chi connectivity index (χ1) is 8.81. The minimum atomic E-state index is 0.744. The van der Waals surface area contributed by atoms with Crippen molar-refractivity contribution in [3.05, 3.63) is 27.6 Å². The van der Waals surface area contributed by atoms with Gasteiger partial charge in [0.25, 0.3) is 0 Å². The van der Waals surface area contributed by atoms with Crippen molar-refractivity contribution < 1.29 is 0 Å². The van der Waals surface area contributed by atoms with E-state index in [2.05, 4.69) is 35.2 Å². The molecule has 0 bridgehead atoms. The van der Waals surface area contributed by atoms with Gasteiger partial charge in [-0.3, -0.25) is 0 Å². The molecule has 0 aliphatic heterocycles. The number of nitrogens with zero attached hydrogens (tertiary/aromatic N) is 2. The Labute approximate surface area is 111 Å². The molecule has 1 N–H and O–H groups in total. The van der Waals surface area contributed by atoms with Gasteiger partial charge in [0.15, 0.2) is 0 Å². The summed E-state index contributed by atoms with van der Waals surface area (Å²) >= 11 is 1.94. The number of hydrogen-bond acceptors (Lipinski definition) is 4. The van der Waals surface area contributed by atoms with Crippen molar-refractivity contribution in [3.63, 3.8) is 0 Å². The van der Waals surface area contributed by atoms with Gasteiger partial charge in [-0.2, -0.15) is 0 Å².